The minimum absolute atomic E-state index is 0.283. The number of nitrogen functional groups attached to an aromatic ring is 1. The smallest absolute Gasteiger partial charge is 0.224 e. The summed E-state index contributed by atoms with van der Waals surface area (Å²) in [4.78, 5) is 12.9. The molecule has 96 valence electrons. The molecular formula is C11H17N7. The summed E-state index contributed by atoms with van der Waals surface area (Å²) in [7, 11) is 0. The molecule has 0 spiro atoms. The van der Waals surface area contributed by atoms with Crippen LogP contribution in [-0.2, 0) is 6.54 Å². The number of nitrogens with two attached hydrogens (primary N) is 1. The van der Waals surface area contributed by atoms with Crippen molar-refractivity contribution in [2.45, 2.75) is 25.9 Å². The van der Waals surface area contributed by atoms with Gasteiger partial charge in [0.1, 0.15) is 0 Å². The fourth-order valence-electron chi connectivity index (χ4n) is 2.26. The highest BCUT2D eigenvalue weighted by Gasteiger charge is 2.18. The third-order valence-corrected chi connectivity index (χ3v) is 3.22. The van der Waals surface area contributed by atoms with E-state index in [0.717, 1.165) is 43.0 Å². The molecule has 3 heterocycles. The van der Waals surface area contributed by atoms with Crippen LogP contribution in [0.3, 0.4) is 0 Å². The summed E-state index contributed by atoms with van der Waals surface area (Å²) in [5.74, 6) is 1.02. The first kappa shape index (κ1) is 11.2. The van der Waals surface area contributed by atoms with Gasteiger partial charge in [0, 0.05) is 19.1 Å². The van der Waals surface area contributed by atoms with Crippen molar-refractivity contribution in [2.24, 2.45) is 0 Å². The summed E-state index contributed by atoms with van der Waals surface area (Å²) in [5.41, 5.74) is 7.34. The van der Waals surface area contributed by atoms with E-state index in [2.05, 4.69) is 25.6 Å². The minimum atomic E-state index is 0.283. The topological polar surface area (TPSA) is 93.7 Å². The standard InChI is InChI=1S/C11H17N7/c1-2-18-6-14-8-9(15-7-3-4-13-5-7)16-11(12)17-10(8)18/h6-7,13H,2-5H2,1H3,(H3,12,15,16,17)/t7-/m0/s1. The van der Waals surface area contributed by atoms with E-state index in [0.29, 0.717) is 6.04 Å². The van der Waals surface area contributed by atoms with Gasteiger partial charge in [0.15, 0.2) is 17.0 Å². The van der Waals surface area contributed by atoms with Gasteiger partial charge in [0.25, 0.3) is 0 Å². The average molecular weight is 247 g/mol. The normalized spacial score (nSPS) is 19.5. The number of rotatable bonds is 3. The fraction of sp³-hybridized carbons (Fsp3) is 0.545. The van der Waals surface area contributed by atoms with Gasteiger partial charge in [-0.2, -0.15) is 9.97 Å². The monoisotopic (exact) mass is 247 g/mol. The molecule has 18 heavy (non-hydrogen) atoms. The molecule has 7 heteroatoms. The van der Waals surface area contributed by atoms with E-state index >= 15 is 0 Å². The van der Waals surface area contributed by atoms with Crippen molar-refractivity contribution < 1.29 is 0 Å². The molecule has 0 aromatic carbocycles. The third-order valence-electron chi connectivity index (χ3n) is 3.22. The molecule has 1 saturated heterocycles. The van der Waals surface area contributed by atoms with Crippen molar-refractivity contribution >= 4 is 22.9 Å². The van der Waals surface area contributed by atoms with E-state index < -0.39 is 0 Å². The number of hydrogen-bond acceptors (Lipinski definition) is 6. The molecule has 0 aliphatic carbocycles. The summed E-state index contributed by atoms with van der Waals surface area (Å²) in [6.45, 7) is 4.84. The molecule has 7 nitrogen and oxygen atoms in total. The number of aryl methyl sites for hydroxylation is 1. The molecule has 0 saturated carbocycles. The molecule has 0 bridgehead atoms. The first-order valence-corrected chi connectivity index (χ1v) is 6.23. The van der Waals surface area contributed by atoms with Crippen LogP contribution in [0, 0.1) is 0 Å². The summed E-state index contributed by atoms with van der Waals surface area (Å²) >= 11 is 0. The molecule has 2 aromatic heterocycles. The minimum Gasteiger partial charge on any atom is -0.368 e. The highest BCUT2D eigenvalue weighted by Crippen LogP contribution is 2.21. The maximum absolute atomic E-state index is 5.76. The maximum atomic E-state index is 5.76. The Morgan fingerprint density at radius 1 is 1.56 bits per heavy atom. The van der Waals surface area contributed by atoms with E-state index in [1.807, 2.05) is 11.5 Å². The molecule has 1 atom stereocenters. The molecule has 0 amide bonds. The molecule has 1 aliphatic rings. The lowest BCUT2D eigenvalue weighted by Gasteiger charge is -2.12. The molecular weight excluding hydrogens is 230 g/mol. The molecule has 0 unspecified atom stereocenters. The number of fused-ring (bicyclic) bond motifs is 1. The number of hydrogen-bond donors (Lipinski definition) is 3. The second kappa shape index (κ2) is 4.41. The Balaban J connectivity index is 2.01. The lowest BCUT2D eigenvalue weighted by atomic mass is 10.2. The van der Waals surface area contributed by atoms with Gasteiger partial charge < -0.3 is 20.9 Å². The van der Waals surface area contributed by atoms with Crippen molar-refractivity contribution in [2.75, 3.05) is 24.1 Å². The quantitative estimate of drug-likeness (QED) is 0.717. The summed E-state index contributed by atoms with van der Waals surface area (Å²) in [6, 6.07) is 0.384. The Morgan fingerprint density at radius 2 is 2.44 bits per heavy atom. The number of nitrogens with one attached hydrogen (secondary N) is 2. The lowest BCUT2D eigenvalue weighted by molar-refractivity contribution is 0.776. The van der Waals surface area contributed by atoms with E-state index in [-0.39, 0.29) is 5.95 Å². The van der Waals surface area contributed by atoms with Crippen LogP contribution in [0.4, 0.5) is 11.8 Å². The molecule has 0 radical (unpaired) electrons. The largest absolute Gasteiger partial charge is 0.368 e. The van der Waals surface area contributed by atoms with Crippen LogP contribution >= 0.6 is 0 Å². The van der Waals surface area contributed by atoms with E-state index in [9.17, 15) is 0 Å². The van der Waals surface area contributed by atoms with Crippen molar-refractivity contribution in [3.63, 3.8) is 0 Å². The second-order valence-corrected chi connectivity index (χ2v) is 4.47. The molecule has 3 rings (SSSR count). The predicted octanol–water partition coefficient (Wildman–Crippen LogP) is 0.202. The van der Waals surface area contributed by atoms with E-state index in [1.165, 1.54) is 0 Å². The molecule has 1 fully saturated rings. The van der Waals surface area contributed by atoms with Crippen LogP contribution < -0.4 is 16.4 Å². The van der Waals surface area contributed by atoms with Gasteiger partial charge in [-0.05, 0) is 19.9 Å². The predicted molar refractivity (Wildman–Crippen MR) is 70.3 cm³/mol. The number of nitrogens with zero attached hydrogens (tertiary/aromatic N) is 4. The first-order chi connectivity index (χ1) is 8.78. The van der Waals surface area contributed by atoms with Crippen LogP contribution in [0.2, 0.25) is 0 Å². The van der Waals surface area contributed by atoms with Gasteiger partial charge in [-0.25, -0.2) is 4.98 Å². The number of imidazole rings is 1. The van der Waals surface area contributed by atoms with Gasteiger partial charge in [0.2, 0.25) is 5.95 Å². The van der Waals surface area contributed by atoms with Crippen molar-refractivity contribution in [3.05, 3.63) is 6.33 Å². The van der Waals surface area contributed by atoms with Crippen molar-refractivity contribution in [1.82, 2.24) is 24.8 Å². The SMILES string of the molecule is CCn1cnc2c(N[C@H]3CCNC3)nc(N)nc21. The number of anilines is 2. The molecule has 2 aromatic rings. The zero-order valence-corrected chi connectivity index (χ0v) is 10.3. The van der Waals surface area contributed by atoms with Gasteiger partial charge in [-0.15, -0.1) is 0 Å². The zero-order valence-electron chi connectivity index (χ0n) is 10.3. The Hall–Kier alpha value is -1.89. The highest BCUT2D eigenvalue weighted by atomic mass is 15.2. The lowest BCUT2D eigenvalue weighted by Crippen LogP contribution is -2.23. The van der Waals surface area contributed by atoms with Crippen molar-refractivity contribution in [1.29, 1.82) is 0 Å². The van der Waals surface area contributed by atoms with Gasteiger partial charge in [0.05, 0.1) is 6.33 Å². The average Bonchev–Trinajstić information content (AvgIpc) is 2.97. The van der Waals surface area contributed by atoms with Crippen LogP contribution in [0.15, 0.2) is 6.33 Å². The second-order valence-electron chi connectivity index (χ2n) is 4.47. The summed E-state index contributed by atoms with van der Waals surface area (Å²) < 4.78 is 1.96. The van der Waals surface area contributed by atoms with Gasteiger partial charge in [-0.1, -0.05) is 0 Å². The van der Waals surface area contributed by atoms with Crippen LogP contribution in [-0.4, -0.2) is 38.7 Å². The Kier molecular flexibility index (Phi) is 2.75. The molecule has 4 N–H and O–H groups in total. The van der Waals surface area contributed by atoms with Crippen LogP contribution in [0.1, 0.15) is 13.3 Å². The third kappa shape index (κ3) is 1.86. The Morgan fingerprint density at radius 3 is 3.17 bits per heavy atom. The van der Waals surface area contributed by atoms with Gasteiger partial charge in [-0.3, -0.25) is 0 Å². The van der Waals surface area contributed by atoms with Crippen molar-refractivity contribution in [3.8, 4) is 0 Å². The zero-order chi connectivity index (χ0) is 12.5. The fourth-order valence-corrected chi connectivity index (χ4v) is 2.26. The van der Waals surface area contributed by atoms with Gasteiger partial charge >= 0.3 is 0 Å². The summed E-state index contributed by atoms with van der Waals surface area (Å²) in [6.07, 6.45) is 2.86. The Labute approximate surface area is 105 Å². The highest BCUT2D eigenvalue weighted by molar-refractivity contribution is 5.84. The van der Waals surface area contributed by atoms with E-state index in [1.54, 1.807) is 6.33 Å². The first-order valence-electron chi connectivity index (χ1n) is 6.23. The summed E-state index contributed by atoms with van der Waals surface area (Å²) in [5, 5.41) is 6.70. The molecule has 1 aliphatic heterocycles. The maximum Gasteiger partial charge on any atom is 0.224 e. The van der Waals surface area contributed by atoms with E-state index in [4.69, 9.17) is 5.73 Å². The van der Waals surface area contributed by atoms with Crippen LogP contribution in [0.5, 0.6) is 0 Å². The van der Waals surface area contributed by atoms with Crippen LogP contribution in [0.25, 0.3) is 11.2 Å². The Bertz CT molecular complexity index is 556. The number of aromatic nitrogens is 4.